The van der Waals surface area contributed by atoms with Crippen molar-refractivity contribution in [3.63, 3.8) is 0 Å². The number of phenolic OH excluding ortho intramolecular Hbond substituents is 1. The van der Waals surface area contributed by atoms with E-state index in [2.05, 4.69) is 4.90 Å². The summed E-state index contributed by atoms with van der Waals surface area (Å²) in [6, 6.07) is 15.3. The Balaban J connectivity index is 1.43. The molecular weight excluding hydrogens is 310 g/mol. The summed E-state index contributed by atoms with van der Waals surface area (Å²) in [5, 5.41) is 10.5. The smallest absolute Gasteiger partial charge is 0.120 e. The number of aromatic hydroxyl groups is 1. The van der Waals surface area contributed by atoms with Crippen LogP contribution in [0, 0.1) is 5.92 Å². The average molecular weight is 332 g/mol. The van der Waals surface area contributed by atoms with Crippen LogP contribution in [0.5, 0.6) is 11.5 Å². The summed E-state index contributed by atoms with van der Waals surface area (Å²) in [5.74, 6) is 1.82. The molecule has 0 bridgehead atoms. The van der Waals surface area contributed by atoms with Crippen LogP contribution in [0.3, 0.4) is 0 Å². The van der Waals surface area contributed by atoms with Crippen LogP contribution >= 0.6 is 11.6 Å². The first-order valence-corrected chi connectivity index (χ1v) is 8.46. The van der Waals surface area contributed by atoms with Crippen molar-refractivity contribution in [2.24, 2.45) is 5.92 Å². The predicted octanol–water partition coefficient (Wildman–Crippen LogP) is 3.99. The lowest BCUT2D eigenvalue weighted by Gasteiger charge is -2.16. The van der Waals surface area contributed by atoms with Gasteiger partial charge in [-0.05, 0) is 55.1 Å². The summed E-state index contributed by atoms with van der Waals surface area (Å²) in [5.41, 5.74) is 0.988. The molecule has 3 rings (SSSR count). The van der Waals surface area contributed by atoms with Crippen LogP contribution in [0.4, 0.5) is 0 Å². The Labute approximate surface area is 142 Å². The highest BCUT2D eigenvalue weighted by Gasteiger charge is 2.23. The van der Waals surface area contributed by atoms with E-state index in [1.54, 1.807) is 6.07 Å². The van der Waals surface area contributed by atoms with E-state index in [1.165, 1.54) is 0 Å². The minimum absolute atomic E-state index is 0.309. The summed E-state index contributed by atoms with van der Waals surface area (Å²) >= 11 is 5.88. The van der Waals surface area contributed by atoms with Crippen LogP contribution in [0.2, 0.25) is 5.02 Å². The van der Waals surface area contributed by atoms with Gasteiger partial charge in [-0.3, -0.25) is 4.90 Å². The zero-order valence-corrected chi connectivity index (χ0v) is 13.9. The normalized spacial score (nSPS) is 18.2. The second-order valence-electron chi connectivity index (χ2n) is 6.09. The van der Waals surface area contributed by atoms with Gasteiger partial charge in [0.25, 0.3) is 0 Å². The fraction of sp³-hybridized carbons (Fsp3) is 0.368. The molecule has 4 heteroatoms. The van der Waals surface area contributed by atoms with Crippen molar-refractivity contribution >= 4 is 11.6 Å². The molecule has 1 atom stereocenters. The zero-order chi connectivity index (χ0) is 16.1. The van der Waals surface area contributed by atoms with E-state index >= 15 is 0 Å². The molecule has 122 valence electrons. The Hall–Kier alpha value is -1.71. The van der Waals surface area contributed by atoms with Crippen LogP contribution in [0.1, 0.15) is 12.0 Å². The second-order valence-corrected chi connectivity index (χ2v) is 6.53. The van der Waals surface area contributed by atoms with Gasteiger partial charge in [0.15, 0.2) is 0 Å². The Kier molecular flexibility index (Phi) is 5.42. The van der Waals surface area contributed by atoms with Gasteiger partial charge in [0.2, 0.25) is 0 Å². The van der Waals surface area contributed by atoms with E-state index in [4.69, 9.17) is 16.3 Å². The lowest BCUT2D eigenvalue weighted by Crippen LogP contribution is -2.26. The minimum atomic E-state index is 0.309. The number of hydrogen-bond acceptors (Lipinski definition) is 3. The van der Waals surface area contributed by atoms with Crippen LogP contribution in [-0.4, -0.2) is 36.2 Å². The number of hydrogen-bond donors (Lipinski definition) is 1. The van der Waals surface area contributed by atoms with E-state index in [-0.39, 0.29) is 0 Å². The first kappa shape index (κ1) is 16.2. The standard InChI is InChI=1S/C19H22ClNO2/c20-17-7-6-16(19(22)13-17)12-15-8-9-21(14-15)10-11-23-18-4-2-1-3-5-18/h1-7,13,15,22H,8-12,14H2. The molecule has 2 aromatic carbocycles. The Bertz CT molecular complexity index is 633. The van der Waals surface area contributed by atoms with Gasteiger partial charge in [-0.2, -0.15) is 0 Å². The number of para-hydroxylation sites is 1. The summed E-state index contributed by atoms with van der Waals surface area (Å²) in [6.45, 7) is 3.80. The molecule has 0 aliphatic carbocycles. The molecule has 0 aromatic heterocycles. The molecule has 2 aromatic rings. The van der Waals surface area contributed by atoms with Gasteiger partial charge in [0.05, 0.1) is 0 Å². The Morgan fingerprint density at radius 1 is 1.17 bits per heavy atom. The average Bonchev–Trinajstić information content (AvgIpc) is 2.99. The molecule has 1 aliphatic heterocycles. The molecule has 1 N–H and O–H groups in total. The largest absolute Gasteiger partial charge is 0.508 e. The third-order valence-electron chi connectivity index (χ3n) is 4.35. The maximum absolute atomic E-state index is 9.97. The topological polar surface area (TPSA) is 32.7 Å². The maximum Gasteiger partial charge on any atom is 0.120 e. The molecule has 1 heterocycles. The number of phenols is 1. The maximum atomic E-state index is 9.97. The van der Waals surface area contributed by atoms with Crippen LogP contribution in [0.25, 0.3) is 0 Å². The quantitative estimate of drug-likeness (QED) is 0.868. The van der Waals surface area contributed by atoms with Crippen LogP contribution in [0.15, 0.2) is 48.5 Å². The van der Waals surface area contributed by atoms with Gasteiger partial charge < -0.3 is 9.84 Å². The molecule has 1 unspecified atom stereocenters. The number of benzene rings is 2. The fourth-order valence-electron chi connectivity index (χ4n) is 3.11. The third kappa shape index (κ3) is 4.63. The van der Waals surface area contributed by atoms with E-state index < -0.39 is 0 Å². The molecule has 0 amide bonds. The van der Waals surface area contributed by atoms with Gasteiger partial charge >= 0.3 is 0 Å². The third-order valence-corrected chi connectivity index (χ3v) is 4.58. The highest BCUT2D eigenvalue weighted by molar-refractivity contribution is 6.30. The van der Waals surface area contributed by atoms with E-state index in [9.17, 15) is 5.11 Å². The number of ether oxygens (including phenoxy) is 1. The van der Waals surface area contributed by atoms with Gasteiger partial charge in [0.1, 0.15) is 18.1 Å². The molecule has 1 saturated heterocycles. The first-order chi connectivity index (χ1) is 11.2. The SMILES string of the molecule is Oc1cc(Cl)ccc1CC1CCN(CCOc2ccccc2)C1. The van der Waals surface area contributed by atoms with Gasteiger partial charge in [-0.25, -0.2) is 0 Å². The molecule has 23 heavy (non-hydrogen) atoms. The lowest BCUT2D eigenvalue weighted by atomic mass is 9.98. The molecule has 0 saturated carbocycles. The Morgan fingerprint density at radius 2 is 2.00 bits per heavy atom. The number of nitrogens with zero attached hydrogens (tertiary/aromatic N) is 1. The number of rotatable bonds is 6. The molecule has 1 fully saturated rings. The van der Waals surface area contributed by atoms with E-state index in [1.807, 2.05) is 42.5 Å². The summed E-state index contributed by atoms with van der Waals surface area (Å²) in [6.07, 6.45) is 2.06. The van der Waals surface area contributed by atoms with Gasteiger partial charge in [0, 0.05) is 18.1 Å². The van der Waals surface area contributed by atoms with Crippen LogP contribution in [-0.2, 0) is 6.42 Å². The Morgan fingerprint density at radius 3 is 2.78 bits per heavy atom. The van der Waals surface area contributed by atoms with Crippen molar-refractivity contribution < 1.29 is 9.84 Å². The summed E-state index contributed by atoms with van der Waals surface area (Å²) in [4.78, 5) is 2.43. The van der Waals surface area contributed by atoms with Crippen molar-refractivity contribution in [1.82, 2.24) is 4.90 Å². The van der Waals surface area contributed by atoms with Gasteiger partial charge in [-0.15, -0.1) is 0 Å². The molecule has 0 radical (unpaired) electrons. The number of likely N-dealkylation sites (tertiary alicyclic amines) is 1. The molecular formula is C19H22ClNO2. The van der Waals surface area contributed by atoms with Gasteiger partial charge in [-0.1, -0.05) is 35.9 Å². The van der Waals surface area contributed by atoms with Crippen molar-refractivity contribution in [3.8, 4) is 11.5 Å². The highest BCUT2D eigenvalue weighted by atomic mass is 35.5. The lowest BCUT2D eigenvalue weighted by molar-refractivity contribution is 0.232. The zero-order valence-electron chi connectivity index (χ0n) is 13.1. The van der Waals surface area contributed by atoms with E-state index in [0.717, 1.165) is 43.8 Å². The van der Waals surface area contributed by atoms with Crippen molar-refractivity contribution in [2.75, 3.05) is 26.2 Å². The van der Waals surface area contributed by atoms with Crippen molar-refractivity contribution in [2.45, 2.75) is 12.8 Å². The van der Waals surface area contributed by atoms with E-state index in [0.29, 0.717) is 23.3 Å². The summed E-state index contributed by atoms with van der Waals surface area (Å²) < 4.78 is 5.76. The fourth-order valence-corrected chi connectivity index (χ4v) is 3.28. The molecule has 3 nitrogen and oxygen atoms in total. The predicted molar refractivity (Wildman–Crippen MR) is 93.3 cm³/mol. The van der Waals surface area contributed by atoms with Crippen molar-refractivity contribution in [1.29, 1.82) is 0 Å². The number of halogens is 1. The summed E-state index contributed by atoms with van der Waals surface area (Å²) in [7, 11) is 0. The highest BCUT2D eigenvalue weighted by Crippen LogP contribution is 2.27. The minimum Gasteiger partial charge on any atom is -0.508 e. The second kappa shape index (κ2) is 7.71. The first-order valence-electron chi connectivity index (χ1n) is 8.08. The van der Waals surface area contributed by atoms with Crippen molar-refractivity contribution in [3.05, 3.63) is 59.1 Å². The monoisotopic (exact) mass is 331 g/mol. The molecule has 1 aliphatic rings. The molecule has 0 spiro atoms. The van der Waals surface area contributed by atoms with Crippen LogP contribution < -0.4 is 4.74 Å².